The van der Waals surface area contributed by atoms with Gasteiger partial charge in [0.25, 0.3) is 0 Å². The van der Waals surface area contributed by atoms with Gasteiger partial charge in [-0.05, 0) is 35.8 Å². The molecule has 0 aromatic heterocycles. The molecule has 0 bridgehead atoms. The lowest BCUT2D eigenvalue weighted by atomic mass is 9.94. The molecule has 1 heteroatoms. The number of hydrogen-bond donors (Lipinski definition) is 1. The highest BCUT2D eigenvalue weighted by Gasteiger charge is 2.67. The molecule has 1 N–H and O–H groups in total. The van der Waals surface area contributed by atoms with E-state index in [4.69, 9.17) is 0 Å². The molecular weight excluding hydrogens is 208 g/mol. The molecule has 1 aliphatic carbocycles. The number of aryl methyl sites for hydroxylation is 2. The van der Waals surface area contributed by atoms with E-state index in [2.05, 4.69) is 59.7 Å². The molecule has 94 valence electrons. The number of aliphatic hydroxyl groups is 1. The Kier molecular flexibility index (Phi) is 2.66. The minimum atomic E-state index is -0.333. The highest BCUT2D eigenvalue weighted by atomic mass is 16.3. The van der Waals surface area contributed by atoms with Gasteiger partial charge in [0.05, 0.1) is 6.10 Å². The third kappa shape index (κ3) is 1.72. The topological polar surface area (TPSA) is 20.2 Å². The zero-order valence-corrected chi connectivity index (χ0v) is 11.8. The average molecular weight is 232 g/mol. The zero-order chi connectivity index (χ0) is 13.0. The standard InChI is InChI=1S/C16H24O/c1-10-7-8-11(2)12(9-10)13(17)14-15(3,4)16(14,5)6/h7-9,13-14,17H,1-6H3. The lowest BCUT2D eigenvalue weighted by molar-refractivity contribution is 0.130. The first-order chi connectivity index (χ1) is 7.69. The zero-order valence-electron chi connectivity index (χ0n) is 11.8. The lowest BCUT2D eigenvalue weighted by Gasteiger charge is -2.16. The van der Waals surface area contributed by atoms with Crippen molar-refractivity contribution in [2.24, 2.45) is 16.7 Å². The number of rotatable bonds is 2. The van der Waals surface area contributed by atoms with Crippen LogP contribution in [0.4, 0.5) is 0 Å². The van der Waals surface area contributed by atoms with Crippen molar-refractivity contribution in [3.8, 4) is 0 Å². The van der Waals surface area contributed by atoms with E-state index < -0.39 is 0 Å². The molecule has 1 aromatic rings. The molecule has 0 spiro atoms. The van der Waals surface area contributed by atoms with E-state index in [1.165, 1.54) is 11.1 Å². The second-order valence-electron chi connectivity index (χ2n) is 6.73. The van der Waals surface area contributed by atoms with Crippen LogP contribution in [0.5, 0.6) is 0 Å². The first-order valence-electron chi connectivity index (χ1n) is 6.45. The van der Waals surface area contributed by atoms with Crippen LogP contribution in [-0.4, -0.2) is 5.11 Å². The molecule has 1 fully saturated rings. The summed E-state index contributed by atoms with van der Waals surface area (Å²) in [4.78, 5) is 0. The van der Waals surface area contributed by atoms with Crippen molar-refractivity contribution in [2.75, 3.05) is 0 Å². The molecule has 1 aliphatic rings. The van der Waals surface area contributed by atoms with Crippen molar-refractivity contribution in [3.05, 3.63) is 34.9 Å². The normalized spacial score (nSPS) is 23.5. The Labute approximate surface area is 105 Å². The Morgan fingerprint density at radius 1 is 1.06 bits per heavy atom. The minimum absolute atomic E-state index is 0.225. The van der Waals surface area contributed by atoms with Crippen molar-refractivity contribution in [3.63, 3.8) is 0 Å². The summed E-state index contributed by atoms with van der Waals surface area (Å²) in [7, 11) is 0. The maximum absolute atomic E-state index is 10.6. The van der Waals surface area contributed by atoms with Gasteiger partial charge in [-0.1, -0.05) is 51.5 Å². The summed E-state index contributed by atoms with van der Waals surface area (Å²) in [6.45, 7) is 13.2. The monoisotopic (exact) mass is 232 g/mol. The predicted molar refractivity (Wildman–Crippen MR) is 71.9 cm³/mol. The van der Waals surface area contributed by atoms with Crippen LogP contribution in [-0.2, 0) is 0 Å². The van der Waals surface area contributed by atoms with E-state index in [1.807, 2.05) is 0 Å². The third-order valence-electron chi connectivity index (χ3n) is 5.20. The van der Waals surface area contributed by atoms with E-state index in [9.17, 15) is 5.11 Å². The molecule has 1 atom stereocenters. The average Bonchev–Trinajstić information content (AvgIpc) is 2.61. The molecule has 0 aliphatic heterocycles. The van der Waals surface area contributed by atoms with Crippen LogP contribution < -0.4 is 0 Å². The number of aliphatic hydroxyl groups excluding tert-OH is 1. The minimum Gasteiger partial charge on any atom is -0.388 e. The SMILES string of the molecule is Cc1ccc(C)c(C(O)C2C(C)(C)C2(C)C)c1. The van der Waals surface area contributed by atoms with E-state index >= 15 is 0 Å². The van der Waals surface area contributed by atoms with Gasteiger partial charge in [-0.3, -0.25) is 0 Å². The Bertz CT molecular complexity index is 429. The maximum Gasteiger partial charge on any atom is 0.0831 e. The molecule has 0 amide bonds. The van der Waals surface area contributed by atoms with Gasteiger partial charge in [0.15, 0.2) is 0 Å². The highest BCUT2D eigenvalue weighted by Crippen LogP contribution is 2.72. The van der Waals surface area contributed by atoms with Crippen molar-refractivity contribution >= 4 is 0 Å². The Balaban J connectivity index is 2.34. The van der Waals surface area contributed by atoms with Crippen molar-refractivity contribution < 1.29 is 5.11 Å². The summed E-state index contributed by atoms with van der Waals surface area (Å²) in [5.74, 6) is 0.357. The van der Waals surface area contributed by atoms with Gasteiger partial charge in [0.1, 0.15) is 0 Å². The molecule has 1 unspecified atom stereocenters. The summed E-state index contributed by atoms with van der Waals surface area (Å²) < 4.78 is 0. The van der Waals surface area contributed by atoms with Crippen molar-refractivity contribution in [1.29, 1.82) is 0 Å². The van der Waals surface area contributed by atoms with Gasteiger partial charge in [0.2, 0.25) is 0 Å². The second-order valence-corrected chi connectivity index (χ2v) is 6.73. The fourth-order valence-corrected chi connectivity index (χ4v) is 3.29. The van der Waals surface area contributed by atoms with E-state index in [0.717, 1.165) is 5.56 Å². The molecule has 0 saturated heterocycles. The third-order valence-corrected chi connectivity index (χ3v) is 5.20. The van der Waals surface area contributed by atoms with E-state index in [1.54, 1.807) is 0 Å². The smallest absolute Gasteiger partial charge is 0.0831 e. The van der Waals surface area contributed by atoms with Gasteiger partial charge in [-0.25, -0.2) is 0 Å². The molecule has 17 heavy (non-hydrogen) atoms. The van der Waals surface area contributed by atoms with Crippen LogP contribution in [0.1, 0.15) is 50.5 Å². The van der Waals surface area contributed by atoms with Crippen molar-refractivity contribution in [1.82, 2.24) is 0 Å². The molecule has 1 saturated carbocycles. The van der Waals surface area contributed by atoms with Crippen LogP contribution >= 0.6 is 0 Å². The summed E-state index contributed by atoms with van der Waals surface area (Å²) in [5, 5.41) is 10.6. The van der Waals surface area contributed by atoms with Gasteiger partial charge in [0, 0.05) is 5.92 Å². The van der Waals surface area contributed by atoms with E-state index in [0.29, 0.717) is 5.92 Å². The molecule has 2 rings (SSSR count). The summed E-state index contributed by atoms with van der Waals surface area (Å²) in [6.07, 6.45) is -0.333. The van der Waals surface area contributed by atoms with Crippen LogP contribution in [0.3, 0.4) is 0 Å². The molecule has 1 aromatic carbocycles. The highest BCUT2D eigenvalue weighted by molar-refractivity contribution is 5.35. The van der Waals surface area contributed by atoms with Crippen LogP contribution in [0, 0.1) is 30.6 Å². The van der Waals surface area contributed by atoms with Gasteiger partial charge in [-0.2, -0.15) is 0 Å². The van der Waals surface area contributed by atoms with Gasteiger partial charge < -0.3 is 5.11 Å². The second kappa shape index (κ2) is 3.58. The first kappa shape index (κ1) is 12.6. The fraction of sp³-hybridized carbons (Fsp3) is 0.625. The first-order valence-corrected chi connectivity index (χ1v) is 6.45. The number of benzene rings is 1. The predicted octanol–water partition coefficient (Wildman–Crippen LogP) is 4.02. The summed E-state index contributed by atoms with van der Waals surface area (Å²) in [5.41, 5.74) is 3.97. The van der Waals surface area contributed by atoms with Crippen LogP contribution in [0.15, 0.2) is 18.2 Å². The lowest BCUT2D eigenvalue weighted by Crippen LogP contribution is -2.07. The van der Waals surface area contributed by atoms with E-state index in [-0.39, 0.29) is 16.9 Å². The fourth-order valence-electron chi connectivity index (χ4n) is 3.29. The van der Waals surface area contributed by atoms with Crippen LogP contribution in [0.2, 0.25) is 0 Å². The number of hydrogen-bond acceptors (Lipinski definition) is 1. The Morgan fingerprint density at radius 2 is 1.59 bits per heavy atom. The van der Waals surface area contributed by atoms with Gasteiger partial charge in [-0.15, -0.1) is 0 Å². The maximum atomic E-state index is 10.6. The summed E-state index contributed by atoms with van der Waals surface area (Å²) in [6, 6.07) is 6.34. The molecule has 0 radical (unpaired) electrons. The van der Waals surface area contributed by atoms with Crippen molar-refractivity contribution in [2.45, 2.75) is 47.6 Å². The van der Waals surface area contributed by atoms with Crippen LogP contribution in [0.25, 0.3) is 0 Å². The quantitative estimate of drug-likeness (QED) is 0.816. The molecule has 1 nitrogen and oxygen atoms in total. The Morgan fingerprint density at radius 3 is 2.06 bits per heavy atom. The molecular formula is C16H24O. The molecule has 0 heterocycles. The Hall–Kier alpha value is -0.820. The largest absolute Gasteiger partial charge is 0.388 e. The summed E-state index contributed by atoms with van der Waals surface area (Å²) >= 11 is 0. The van der Waals surface area contributed by atoms with Gasteiger partial charge >= 0.3 is 0 Å².